The molecule has 1 N–H and O–H groups in total. The van der Waals surface area contributed by atoms with Gasteiger partial charge in [-0.3, -0.25) is 4.79 Å². The average molecular weight is 278 g/mol. The largest absolute Gasteiger partial charge is 0.443 e. The van der Waals surface area contributed by atoms with E-state index in [1.807, 2.05) is 0 Å². The number of carbonyl (C=O) groups is 2. The van der Waals surface area contributed by atoms with Gasteiger partial charge in [0, 0.05) is 14.1 Å². The molecule has 0 fully saturated rings. The molecule has 0 aliphatic carbocycles. The maximum atomic E-state index is 11.5. The molecule has 0 aromatic carbocycles. The highest BCUT2D eigenvalue weighted by atomic mass is 35.5. The summed E-state index contributed by atoms with van der Waals surface area (Å²) in [6, 6.07) is 0. The van der Waals surface area contributed by atoms with Crippen LogP contribution in [0.25, 0.3) is 0 Å². The molecule has 0 aliphatic heterocycles. The highest BCUT2D eigenvalue weighted by molar-refractivity contribution is 6.42. The minimum Gasteiger partial charge on any atom is -0.443 e. The summed E-state index contributed by atoms with van der Waals surface area (Å²) in [4.78, 5) is 24.2. The number of ether oxygens (including phenoxy) is 1. The molecule has 0 bridgehead atoms. The van der Waals surface area contributed by atoms with E-state index in [0.717, 1.165) is 0 Å². The second kappa shape index (κ2) is 6.58. The molecule has 0 spiro atoms. The lowest BCUT2D eigenvalue weighted by atomic mass is 10.2. The first-order chi connectivity index (χ1) is 8.04. The first-order valence-electron chi connectivity index (χ1n) is 5.43. The van der Waals surface area contributed by atoms with Gasteiger partial charge in [0.05, 0.1) is 5.71 Å². The van der Waals surface area contributed by atoms with E-state index in [4.69, 9.17) is 16.3 Å². The number of carbonyl (C=O) groups excluding carboxylic acids is 2. The van der Waals surface area contributed by atoms with Crippen LogP contribution in [-0.2, 0) is 9.53 Å². The third-order valence-electron chi connectivity index (χ3n) is 1.75. The van der Waals surface area contributed by atoms with E-state index in [9.17, 15) is 9.59 Å². The van der Waals surface area contributed by atoms with Crippen LogP contribution in [0.3, 0.4) is 0 Å². The Labute approximate surface area is 112 Å². The molecule has 1 atom stereocenters. The summed E-state index contributed by atoms with van der Waals surface area (Å²) in [7, 11) is 3.18. The summed E-state index contributed by atoms with van der Waals surface area (Å²) >= 11 is 5.88. The van der Waals surface area contributed by atoms with E-state index < -0.39 is 17.1 Å². The number of hydrazone groups is 1. The summed E-state index contributed by atoms with van der Waals surface area (Å²) in [6.45, 7) is 6.77. The van der Waals surface area contributed by atoms with Gasteiger partial charge in [-0.1, -0.05) is 0 Å². The number of nitrogens with one attached hydrogen (secondary N) is 1. The molecular weight excluding hydrogens is 258 g/mol. The van der Waals surface area contributed by atoms with Crippen molar-refractivity contribution in [1.29, 1.82) is 0 Å². The lowest BCUT2D eigenvalue weighted by Crippen LogP contribution is -2.36. The smallest absolute Gasteiger partial charge is 0.428 e. The summed E-state index contributed by atoms with van der Waals surface area (Å²) in [5.74, 6) is -0.302. The third kappa shape index (κ3) is 6.44. The number of hydrogen-bond acceptors (Lipinski definition) is 4. The standard InChI is InChI=1S/C11H20ClN3O3/c1-7(8(12)9(16)15(5)6)13-14-10(17)18-11(2,3)4/h8H,1-6H3,(H,14,17)/b13-7+. The van der Waals surface area contributed by atoms with Gasteiger partial charge in [-0.15, -0.1) is 11.6 Å². The number of hydrogen-bond donors (Lipinski definition) is 1. The van der Waals surface area contributed by atoms with Crippen LogP contribution in [0.5, 0.6) is 0 Å². The van der Waals surface area contributed by atoms with E-state index >= 15 is 0 Å². The highest BCUT2D eigenvalue weighted by Gasteiger charge is 2.21. The SMILES string of the molecule is C/C(=N\NC(=O)OC(C)(C)C)C(Cl)C(=O)N(C)C. The second-order valence-corrected chi connectivity index (χ2v) is 5.40. The third-order valence-corrected chi connectivity index (χ3v) is 2.25. The zero-order chi connectivity index (χ0) is 14.5. The van der Waals surface area contributed by atoms with Crippen LogP contribution in [0, 0.1) is 0 Å². The van der Waals surface area contributed by atoms with E-state index in [-0.39, 0.29) is 5.91 Å². The maximum absolute atomic E-state index is 11.5. The van der Waals surface area contributed by atoms with Crippen LogP contribution in [-0.4, -0.2) is 47.7 Å². The Morgan fingerprint density at radius 1 is 1.33 bits per heavy atom. The Morgan fingerprint density at radius 2 is 1.83 bits per heavy atom. The summed E-state index contributed by atoms with van der Waals surface area (Å²) in [5.41, 5.74) is 1.87. The quantitative estimate of drug-likeness (QED) is 0.484. The molecule has 0 aliphatic rings. The van der Waals surface area contributed by atoms with Gasteiger partial charge in [-0.2, -0.15) is 5.10 Å². The second-order valence-electron chi connectivity index (χ2n) is 4.96. The molecule has 104 valence electrons. The lowest BCUT2D eigenvalue weighted by molar-refractivity contribution is -0.127. The molecule has 0 saturated carbocycles. The van der Waals surface area contributed by atoms with Crippen LogP contribution in [0.1, 0.15) is 27.7 Å². The number of amides is 2. The van der Waals surface area contributed by atoms with Gasteiger partial charge in [-0.05, 0) is 27.7 Å². The van der Waals surface area contributed by atoms with Crippen LogP contribution < -0.4 is 5.43 Å². The van der Waals surface area contributed by atoms with Crippen molar-refractivity contribution in [3.63, 3.8) is 0 Å². The summed E-state index contributed by atoms with van der Waals surface area (Å²) in [6.07, 6.45) is -0.692. The predicted octanol–water partition coefficient (Wildman–Crippen LogP) is 1.58. The van der Waals surface area contributed by atoms with E-state index in [1.54, 1.807) is 41.8 Å². The molecule has 0 radical (unpaired) electrons. The van der Waals surface area contributed by atoms with Crippen LogP contribution >= 0.6 is 11.6 Å². The molecule has 0 rings (SSSR count). The first-order valence-corrected chi connectivity index (χ1v) is 5.86. The number of alkyl halides is 1. The fraction of sp³-hybridized carbons (Fsp3) is 0.727. The highest BCUT2D eigenvalue weighted by Crippen LogP contribution is 2.07. The average Bonchev–Trinajstić information content (AvgIpc) is 2.21. The molecule has 0 saturated heterocycles. The first kappa shape index (κ1) is 16.7. The molecular formula is C11H20ClN3O3. The fourth-order valence-electron chi connectivity index (χ4n) is 0.897. The topological polar surface area (TPSA) is 71.0 Å². The van der Waals surface area contributed by atoms with E-state index in [1.165, 1.54) is 4.90 Å². The molecule has 0 aromatic rings. The molecule has 18 heavy (non-hydrogen) atoms. The summed E-state index contributed by atoms with van der Waals surface area (Å²) in [5, 5.41) is 2.82. The maximum Gasteiger partial charge on any atom is 0.428 e. The van der Waals surface area contributed by atoms with Gasteiger partial charge in [0.15, 0.2) is 5.38 Å². The van der Waals surface area contributed by atoms with Crippen molar-refractivity contribution in [2.75, 3.05) is 14.1 Å². The van der Waals surface area contributed by atoms with E-state index in [0.29, 0.717) is 5.71 Å². The number of halogens is 1. The molecule has 2 amide bonds. The Balaban J connectivity index is 4.44. The van der Waals surface area contributed by atoms with Crippen molar-refractivity contribution in [2.24, 2.45) is 5.10 Å². The molecule has 7 heteroatoms. The van der Waals surface area contributed by atoms with Crippen LogP contribution in [0.15, 0.2) is 5.10 Å². The Bertz CT molecular complexity index is 348. The molecule has 0 aromatic heterocycles. The van der Waals surface area contributed by atoms with Crippen LogP contribution in [0.4, 0.5) is 4.79 Å². The van der Waals surface area contributed by atoms with Crippen LogP contribution in [0.2, 0.25) is 0 Å². The van der Waals surface area contributed by atoms with Gasteiger partial charge in [0.25, 0.3) is 0 Å². The van der Waals surface area contributed by atoms with Crippen molar-refractivity contribution in [3.8, 4) is 0 Å². The Kier molecular flexibility index (Phi) is 6.11. The summed E-state index contributed by atoms with van der Waals surface area (Å²) < 4.78 is 4.98. The van der Waals surface area contributed by atoms with Gasteiger partial charge in [-0.25, -0.2) is 10.2 Å². The monoisotopic (exact) mass is 277 g/mol. The zero-order valence-electron chi connectivity index (χ0n) is 11.6. The van der Waals surface area contributed by atoms with Crippen molar-refractivity contribution in [1.82, 2.24) is 10.3 Å². The van der Waals surface area contributed by atoms with Gasteiger partial charge < -0.3 is 9.64 Å². The van der Waals surface area contributed by atoms with Gasteiger partial charge in [0.1, 0.15) is 5.60 Å². The van der Waals surface area contributed by atoms with Gasteiger partial charge >= 0.3 is 6.09 Å². The van der Waals surface area contributed by atoms with Crippen molar-refractivity contribution in [3.05, 3.63) is 0 Å². The molecule has 0 heterocycles. The van der Waals surface area contributed by atoms with Crippen molar-refractivity contribution in [2.45, 2.75) is 38.7 Å². The minimum atomic E-state index is -0.907. The molecule has 6 nitrogen and oxygen atoms in total. The van der Waals surface area contributed by atoms with E-state index in [2.05, 4.69) is 10.5 Å². The Hall–Kier alpha value is -1.30. The zero-order valence-corrected chi connectivity index (χ0v) is 12.3. The minimum absolute atomic E-state index is 0.293. The molecule has 1 unspecified atom stereocenters. The lowest BCUT2D eigenvalue weighted by Gasteiger charge is -2.19. The number of rotatable bonds is 3. The Morgan fingerprint density at radius 3 is 2.22 bits per heavy atom. The normalized spacial score (nSPS) is 13.8. The fourth-order valence-corrected chi connectivity index (χ4v) is 1.14. The van der Waals surface area contributed by atoms with Crippen molar-refractivity contribution >= 4 is 29.3 Å². The van der Waals surface area contributed by atoms with Gasteiger partial charge in [0.2, 0.25) is 5.91 Å². The predicted molar refractivity (Wildman–Crippen MR) is 70.8 cm³/mol. The number of nitrogens with zero attached hydrogens (tertiary/aromatic N) is 2. The van der Waals surface area contributed by atoms with Crippen molar-refractivity contribution < 1.29 is 14.3 Å².